The summed E-state index contributed by atoms with van der Waals surface area (Å²) in [5, 5.41) is 19.6. The van der Waals surface area contributed by atoms with Gasteiger partial charge in [0.25, 0.3) is 0 Å². The van der Waals surface area contributed by atoms with Gasteiger partial charge >= 0.3 is 0 Å². The van der Waals surface area contributed by atoms with E-state index in [9.17, 15) is 9.90 Å². The lowest BCUT2D eigenvalue weighted by Crippen LogP contribution is -2.42. The van der Waals surface area contributed by atoms with E-state index in [0.717, 1.165) is 49.9 Å². The van der Waals surface area contributed by atoms with Crippen molar-refractivity contribution in [3.05, 3.63) is 71.3 Å². The largest absolute Gasteiger partial charge is 0.393 e. The molecule has 1 aliphatic rings. The quantitative estimate of drug-likeness (QED) is 0.791. The summed E-state index contributed by atoms with van der Waals surface area (Å²) in [6.45, 7) is 1.47. The van der Waals surface area contributed by atoms with Crippen LogP contribution in [-0.4, -0.2) is 40.2 Å². The van der Waals surface area contributed by atoms with E-state index in [4.69, 9.17) is 5.11 Å². The van der Waals surface area contributed by atoms with E-state index >= 15 is 0 Å². The minimum atomic E-state index is -0.298. The maximum Gasteiger partial charge on any atom is 0.226 e. The van der Waals surface area contributed by atoms with Crippen LogP contribution in [-0.2, 0) is 24.2 Å². The second-order valence-electron chi connectivity index (χ2n) is 7.46. The summed E-state index contributed by atoms with van der Waals surface area (Å²) in [6, 6.07) is 17.8. The van der Waals surface area contributed by atoms with Crippen LogP contribution in [0.5, 0.6) is 0 Å². The molecular weight excluding hydrogens is 338 g/mol. The minimum absolute atomic E-state index is 0.0222. The van der Waals surface area contributed by atoms with Crippen molar-refractivity contribution >= 4 is 5.91 Å². The highest BCUT2D eigenvalue weighted by Gasteiger charge is 2.27. The first kappa shape index (κ1) is 19.6. The lowest BCUT2D eigenvalue weighted by atomic mass is 9.88. The van der Waals surface area contributed by atoms with Gasteiger partial charge < -0.3 is 15.1 Å². The first-order valence-electron chi connectivity index (χ1n) is 9.84. The third-order valence-electron chi connectivity index (χ3n) is 5.57. The molecule has 1 saturated heterocycles. The molecule has 1 aliphatic heterocycles. The fourth-order valence-corrected chi connectivity index (χ4v) is 3.78. The van der Waals surface area contributed by atoms with E-state index in [2.05, 4.69) is 12.1 Å². The van der Waals surface area contributed by atoms with E-state index in [1.165, 1.54) is 5.56 Å². The van der Waals surface area contributed by atoms with E-state index in [1.54, 1.807) is 0 Å². The molecule has 144 valence electrons. The number of aryl methyl sites for hydroxylation is 1. The van der Waals surface area contributed by atoms with Crippen LogP contribution in [0.3, 0.4) is 0 Å². The molecule has 27 heavy (non-hydrogen) atoms. The van der Waals surface area contributed by atoms with Gasteiger partial charge in [0.2, 0.25) is 5.91 Å². The summed E-state index contributed by atoms with van der Waals surface area (Å²) in [4.78, 5) is 14.4. The predicted octanol–water partition coefficient (Wildman–Crippen LogP) is 2.95. The highest BCUT2D eigenvalue weighted by Crippen LogP contribution is 2.24. The van der Waals surface area contributed by atoms with Gasteiger partial charge in [0.05, 0.1) is 19.1 Å². The predicted molar refractivity (Wildman–Crippen MR) is 106 cm³/mol. The number of benzene rings is 2. The molecule has 3 rings (SSSR count). The number of carbonyl (C=O) groups excluding carboxylic acids is 1. The van der Waals surface area contributed by atoms with Crippen LogP contribution >= 0.6 is 0 Å². The molecule has 0 bridgehead atoms. The van der Waals surface area contributed by atoms with Gasteiger partial charge in [-0.3, -0.25) is 4.79 Å². The molecule has 2 N–H and O–H groups in total. The lowest BCUT2D eigenvalue weighted by Gasteiger charge is -2.34. The van der Waals surface area contributed by atoms with Crippen LogP contribution in [0.15, 0.2) is 54.6 Å². The molecule has 0 spiro atoms. The van der Waals surface area contributed by atoms with Crippen LogP contribution in [0.2, 0.25) is 0 Å². The Morgan fingerprint density at radius 1 is 0.963 bits per heavy atom. The first-order valence-corrected chi connectivity index (χ1v) is 9.84. The Balaban J connectivity index is 1.42. The van der Waals surface area contributed by atoms with Gasteiger partial charge in [-0.05, 0) is 48.3 Å². The summed E-state index contributed by atoms with van der Waals surface area (Å²) in [5.41, 5.74) is 3.09. The Morgan fingerprint density at radius 2 is 1.59 bits per heavy atom. The van der Waals surface area contributed by atoms with Gasteiger partial charge in [0.1, 0.15) is 0 Å². The number of likely N-dealkylation sites (tertiary alicyclic amines) is 1. The van der Waals surface area contributed by atoms with E-state index in [-0.39, 0.29) is 24.5 Å². The normalized spacial score (nSPS) is 16.3. The van der Waals surface area contributed by atoms with Gasteiger partial charge in [-0.25, -0.2) is 0 Å². The Morgan fingerprint density at radius 3 is 2.22 bits per heavy atom. The summed E-state index contributed by atoms with van der Waals surface area (Å²) in [5.74, 6) is 0.422. The minimum Gasteiger partial charge on any atom is -0.393 e. The number of nitrogens with zero attached hydrogens (tertiary/aromatic N) is 1. The highest BCUT2D eigenvalue weighted by atomic mass is 16.3. The van der Waals surface area contributed by atoms with Gasteiger partial charge in [-0.1, -0.05) is 54.6 Å². The molecule has 2 aromatic rings. The second kappa shape index (κ2) is 9.67. The molecule has 4 nitrogen and oxygen atoms in total. The van der Waals surface area contributed by atoms with Gasteiger partial charge in [-0.2, -0.15) is 0 Å². The van der Waals surface area contributed by atoms with Gasteiger partial charge in [-0.15, -0.1) is 0 Å². The molecule has 0 unspecified atom stereocenters. The zero-order chi connectivity index (χ0) is 19.1. The average Bonchev–Trinajstić information content (AvgIpc) is 2.73. The fraction of sp³-hybridized carbons (Fsp3) is 0.435. The number of rotatable bonds is 7. The van der Waals surface area contributed by atoms with Gasteiger partial charge in [0, 0.05) is 13.1 Å². The number of amides is 1. The Bertz CT molecular complexity index is 706. The molecule has 4 heteroatoms. The number of carbonyl (C=O) groups is 1. The summed E-state index contributed by atoms with van der Waals surface area (Å²) in [7, 11) is 0. The number of hydrogen-bond donors (Lipinski definition) is 2. The molecule has 0 aliphatic carbocycles. The average molecular weight is 367 g/mol. The van der Waals surface area contributed by atoms with Gasteiger partial charge in [0.15, 0.2) is 0 Å². The second-order valence-corrected chi connectivity index (χ2v) is 7.46. The zero-order valence-corrected chi connectivity index (χ0v) is 15.8. The molecule has 0 radical (unpaired) electrons. The van der Waals surface area contributed by atoms with Crippen molar-refractivity contribution in [3.63, 3.8) is 0 Å². The van der Waals surface area contributed by atoms with Crippen LogP contribution in [0, 0.1) is 5.92 Å². The van der Waals surface area contributed by atoms with E-state index in [1.807, 2.05) is 47.4 Å². The monoisotopic (exact) mass is 367 g/mol. The van der Waals surface area contributed by atoms with Crippen molar-refractivity contribution in [1.82, 2.24) is 4.90 Å². The maximum absolute atomic E-state index is 12.5. The molecule has 1 heterocycles. The van der Waals surface area contributed by atoms with Crippen molar-refractivity contribution in [1.29, 1.82) is 0 Å². The standard InChI is InChI=1S/C23H29NO3/c25-17-20-8-6-19(7-9-20)16-23(27)24-14-12-21(13-15-24)22(26)11-10-18-4-2-1-3-5-18/h1-9,21-22,25-26H,10-17H2/t22-/m1/s1. The number of aliphatic hydroxyl groups excluding tert-OH is 2. The molecule has 0 saturated carbocycles. The van der Waals surface area contributed by atoms with Crippen LogP contribution in [0.1, 0.15) is 36.0 Å². The van der Waals surface area contributed by atoms with E-state index < -0.39 is 0 Å². The molecule has 1 atom stereocenters. The molecular formula is C23H29NO3. The highest BCUT2D eigenvalue weighted by molar-refractivity contribution is 5.78. The van der Waals surface area contributed by atoms with Crippen LogP contribution in [0.25, 0.3) is 0 Å². The fourth-order valence-electron chi connectivity index (χ4n) is 3.78. The Hall–Kier alpha value is -2.17. The Kier molecular flexibility index (Phi) is 7.02. The summed E-state index contributed by atoms with van der Waals surface area (Å²) in [6.07, 6.45) is 3.50. The number of piperidine rings is 1. The van der Waals surface area contributed by atoms with Crippen LogP contribution in [0.4, 0.5) is 0 Å². The zero-order valence-electron chi connectivity index (χ0n) is 15.8. The third-order valence-corrected chi connectivity index (χ3v) is 5.57. The summed E-state index contributed by atoms with van der Waals surface area (Å²) < 4.78 is 0. The molecule has 0 aromatic heterocycles. The molecule has 1 amide bonds. The third kappa shape index (κ3) is 5.65. The van der Waals surface area contributed by atoms with Crippen molar-refractivity contribution in [2.24, 2.45) is 5.92 Å². The van der Waals surface area contributed by atoms with Crippen molar-refractivity contribution in [3.8, 4) is 0 Å². The van der Waals surface area contributed by atoms with Crippen molar-refractivity contribution < 1.29 is 15.0 Å². The molecule has 1 fully saturated rings. The Labute approximate surface area is 161 Å². The number of aliphatic hydroxyl groups is 2. The lowest BCUT2D eigenvalue weighted by molar-refractivity contribution is -0.132. The summed E-state index contributed by atoms with van der Waals surface area (Å²) >= 11 is 0. The SMILES string of the molecule is O=C(Cc1ccc(CO)cc1)N1CCC([C@H](O)CCc2ccccc2)CC1. The topological polar surface area (TPSA) is 60.8 Å². The van der Waals surface area contributed by atoms with Crippen LogP contribution < -0.4 is 0 Å². The number of hydrogen-bond acceptors (Lipinski definition) is 3. The smallest absolute Gasteiger partial charge is 0.226 e. The maximum atomic E-state index is 12.5. The van der Waals surface area contributed by atoms with Crippen molar-refractivity contribution in [2.45, 2.75) is 44.8 Å². The first-order chi connectivity index (χ1) is 13.2. The molecule has 2 aromatic carbocycles. The van der Waals surface area contributed by atoms with Crippen molar-refractivity contribution in [2.75, 3.05) is 13.1 Å². The van der Waals surface area contributed by atoms with E-state index in [0.29, 0.717) is 6.42 Å².